The molecule has 1 aromatic rings. The fourth-order valence-electron chi connectivity index (χ4n) is 2.46. The number of rotatable bonds is 7. The first kappa shape index (κ1) is 15.0. The number of hydrogen-bond donors (Lipinski definition) is 1. The second-order valence-corrected chi connectivity index (χ2v) is 5.43. The Morgan fingerprint density at radius 1 is 1.40 bits per heavy atom. The summed E-state index contributed by atoms with van der Waals surface area (Å²) < 4.78 is 5.23. The zero-order valence-electron chi connectivity index (χ0n) is 12.1. The lowest BCUT2D eigenvalue weighted by Gasteiger charge is -2.33. The maximum absolute atomic E-state index is 12.5. The zero-order valence-corrected chi connectivity index (χ0v) is 12.1. The number of amides is 1. The summed E-state index contributed by atoms with van der Waals surface area (Å²) in [5.74, 6) is 0.735. The highest BCUT2D eigenvalue weighted by molar-refractivity contribution is 5.93. The van der Waals surface area contributed by atoms with E-state index in [9.17, 15) is 4.79 Å². The third-order valence-electron chi connectivity index (χ3n) is 4.03. The predicted molar refractivity (Wildman–Crippen MR) is 80.6 cm³/mol. The molecule has 0 spiro atoms. The summed E-state index contributed by atoms with van der Waals surface area (Å²) in [6, 6.07) is 9.87. The van der Waals surface area contributed by atoms with Crippen LogP contribution in [0.2, 0.25) is 0 Å². The van der Waals surface area contributed by atoms with Gasteiger partial charge in [0, 0.05) is 25.9 Å². The van der Waals surface area contributed by atoms with Crippen molar-refractivity contribution < 1.29 is 9.53 Å². The normalized spacial score (nSPS) is 16.5. The van der Waals surface area contributed by atoms with Crippen molar-refractivity contribution in [3.63, 3.8) is 0 Å². The van der Waals surface area contributed by atoms with Crippen molar-refractivity contribution in [1.82, 2.24) is 0 Å². The van der Waals surface area contributed by atoms with Gasteiger partial charge in [0.05, 0.1) is 12.5 Å². The lowest BCUT2D eigenvalue weighted by molar-refractivity contribution is -0.121. The van der Waals surface area contributed by atoms with Crippen LogP contribution < -0.4 is 10.6 Å². The van der Waals surface area contributed by atoms with Gasteiger partial charge in [-0.05, 0) is 30.9 Å². The molecule has 0 aliphatic heterocycles. The van der Waals surface area contributed by atoms with E-state index in [0.717, 1.165) is 12.2 Å². The second-order valence-electron chi connectivity index (χ2n) is 5.43. The number of methoxy groups -OCH3 is 1. The van der Waals surface area contributed by atoms with Crippen molar-refractivity contribution in [2.75, 3.05) is 25.1 Å². The van der Waals surface area contributed by atoms with Crippen LogP contribution in [0.1, 0.15) is 25.7 Å². The Labute approximate surface area is 120 Å². The van der Waals surface area contributed by atoms with E-state index in [1.807, 2.05) is 35.2 Å². The zero-order chi connectivity index (χ0) is 14.4. The fraction of sp³-hybridized carbons (Fsp3) is 0.562. The van der Waals surface area contributed by atoms with Gasteiger partial charge in [-0.3, -0.25) is 4.79 Å². The highest BCUT2D eigenvalue weighted by Crippen LogP contribution is 2.29. The van der Waals surface area contributed by atoms with E-state index >= 15 is 0 Å². The Kier molecular flexibility index (Phi) is 5.56. The second kappa shape index (κ2) is 7.41. The molecule has 1 amide bonds. The van der Waals surface area contributed by atoms with Crippen LogP contribution in [0.15, 0.2) is 30.3 Å². The van der Waals surface area contributed by atoms with Crippen LogP contribution in [0.4, 0.5) is 5.69 Å². The Balaban J connectivity index is 2.06. The third-order valence-corrected chi connectivity index (χ3v) is 4.03. The van der Waals surface area contributed by atoms with Crippen LogP contribution in [-0.4, -0.2) is 32.2 Å². The minimum Gasteiger partial charge on any atom is -0.380 e. The fourth-order valence-corrected chi connectivity index (χ4v) is 2.46. The number of benzene rings is 1. The quantitative estimate of drug-likeness (QED) is 0.830. The van der Waals surface area contributed by atoms with Crippen LogP contribution in [0.5, 0.6) is 0 Å². The van der Waals surface area contributed by atoms with E-state index in [4.69, 9.17) is 10.5 Å². The van der Waals surface area contributed by atoms with Crippen molar-refractivity contribution in [3.8, 4) is 0 Å². The third kappa shape index (κ3) is 3.81. The summed E-state index contributed by atoms with van der Waals surface area (Å²) in [5, 5.41) is 0. The Morgan fingerprint density at radius 3 is 2.60 bits per heavy atom. The Hall–Kier alpha value is -1.39. The van der Waals surface area contributed by atoms with Crippen molar-refractivity contribution in [3.05, 3.63) is 30.3 Å². The molecule has 2 N–H and O–H groups in total. The first-order valence-corrected chi connectivity index (χ1v) is 7.33. The van der Waals surface area contributed by atoms with Gasteiger partial charge < -0.3 is 15.4 Å². The molecule has 1 atom stereocenters. The van der Waals surface area contributed by atoms with Crippen LogP contribution in [0, 0.1) is 5.92 Å². The largest absolute Gasteiger partial charge is 0.380 e. The van der Waals surface area contributed by atoms with E-state index in [0.29, 0.717) is 18.9 Å². The van der Waals surface area contributed by atoms with Crippen LogP contribution in [-0.2, 0) is 9.53 Å². The molecule has 0 aromatic heterocycles. The summed E-state index contributed by atoms with van der Waals surface area (Å²) in [6.45, 7) is 1.18. The summed E-state index contributed by atoms with van der Waals surface area (Å²) in [4.78, 5) is 14.4. The number of carbonyl (C=O) groups is 1. The lowest BCUT2D eigenvalue weighted by atomic mass is 9.85. The molecule has 1 aliphatic carbocycles. The summed E-state index contributed by atoms with van der Waals surface area (Å²) in [7, 11) is 1.60. The highest BCUT2D eigenvalue weighted by atomic mass is 16.5. The van der Waals surface area contributed by atoms with E-state index in [1.165, 1.54) is 19.3 Å². The Morgan fingerprint density at radius 2 is 2.10 bits per heavy atom. The number of nitrogens with zero attached hydrogens (tertiary/aromatic N) is 1. The standard InChI is InChI=1S/C16H24N2O2/c1-20-15(11-17)10-16(19)18(12-13-6-5-7-13)14-8-3-2-4-9-14/h2-4,8-9,13,15H,5-7,10-12,17H2,1H3. The van der Waals surface area contributed by atoms with Gasteiger partial charge in [-0.1, -0.05) is 24.6 Å². The molecule has 1 saturated carbocycles. The van der Waals surface area contributed by atoms with Gasteiger partial charge in [-0.25, -0.2) is 0 Å². The number of ether oxygens (including phenoxy) is 1. The molecule has 1 unspecified atom stereocenters. The number of carbonyl (C=O) groups excluding carboxylic acids is 1. The monoisotopic (exact) mass is 276 g/mol. The van der Waals surface area contributed by atoms with Crippen LogP contribution >= 0.6 is 0 Å². The van der Waals surface area contributed by atoms with Gasteiger partial charge in [0.25, 0.3) is 0 Å². The number of hydrogen-bond acceptors (Lipinski definition) is 3. The number of para-hydroxylation sites is 1. The summed E-state index contributed by atoms with van der Waals surface area (Å²) in [6.07, 6.45) is 3.87. The molecule has 2 rings (SSSR count). The maximum atomic E-state index is 12.5. The minimum absolute atomic E-state index is 0.0976. The van der Waals surface area contributed by atoms with Crippen molar-refractivity contribution in [2.45, 2.75) is 31.8 Å². The molecule has 1 aliphatic rings. The SMILES string of the molecule is COC(CN)CC(=O)N(CC1CCC1)c1ccccc1. The molecule has 1 aromatic carbocycles. The smallest absolute Gasteiger partial charge is 0.229 e. The summed E-state index contributed by atoms with van der Waals surface area (Å²) >= 11 is 0. The molecule has 0 bridgehead atoms. The molecule has 4 heteroatoms. The van der Waals surface area contributed by atoms with E-state index < -0.39 is 0 Å². The van der Waals surface area contributed by atoms with Gasteiger partial charge >= 0.3 is 0 Å². The highest BCUT2D eigenvalue weighted by Gasteiger charge is 2.26. The molecule has 1 fully saturated rings. The van der Waals surface area contributed by atoms with Crippen molar-refractivity contribution in [2.24, 2.45) is 11.7 Å². The predicted octanol–water partition coefficient (Wildman–Crippen LogP) is 2.18. The average Bonchev–Trinajstić information content (AvgIpc) is 2.44. The van der Waals surface area contributed by atoms with Gasteiger partial charge in [-0.15, -0.1) is 0 Å². The van der Waals surface area contributed by atoms with Crippen molar-refractivity contribution >= 4 is 11.6 Å². The lowest BCUT2D eigenvalue weighted by Crippen LogP contribution is -2.40. The van der Waals surface area contributed by atoms with Gasteiger partial charge in [0.15, 0.2) is 0 Å². The van der Waals surface area contributed by atoms with E-state index in [1.54, 1.807) is 7.11 Å². The minimum atomic E-state index is -0.199. The number of nitrogens with two attached hydrogens (primary N) is 1. The van der Waals surface area contributed by atoms with Crippen molar-refractivity contribution in [1.29, 1.82) is 0 Å². The van der Waals surface area contributed by atoms with Crippen LogP contribution in [0.25, 0.3) is 0 Å². The molecule has 4 nitrogen and oxygen atoms in total. The first-order valence-electron chi connectivity index (χ1n) is 7.33. The maximum Gasteiger partial charge on any atom is 0.229 e. The molecule has 110 valence electrons. The molecule has 0 heterocycles. The molecule has 0 radical (unpaired) electrons. The summed E-state index contributed by atoms with van der Waals surface area (Å²) in [5.41, 5.74) is 6.58. The average molecular weight is 276 g/mol. The van der Waals surface area contributed by atoms with E-state index in [2.05, 4.69) is 0 Å². The number of anilines is 1. The Bertz CT molecular complexity index is 414. The van der Waals surface area contributed by atoms with Crippen LogP contribution in [0.3, 0.4) is 0 Å². The van der Waals surface area contributed by atoms with Gasteiger partial charge in [-0.2, -0.15) is 0 Å². The molecular weight excluding hydrogens is 252 g/mol. The molecule has 20 heavy (non-hydrogen) atoms. The molecule has 0 saturated heterocycles. The van der Waals surface area contributed by atoms with Gasteiger partial charge in [0.2, 0.25) is 5.91 Å². The molecular formula is C16H24N2O2. The first-order chi connectivity index (χ1) is 9.74. The van der Waals surface area contributed by atoms with E-state index in [-0.39, 0.29) is 12.0 Å². The van der Waals surface area contributed by atoms with Gasteiger partial charge in [0.1, 0.15) is 0 Å². The topological polar surface area (TPSA) is 55.6 Å².